The summed E-state index contributed by atoms with van der Waals surface area (Å²) in [6.07, 6.45) is 0.178. The molecule has 2 N–H and O–H groups in total. The summed E-state index contributed by atoms with van der Waals surface area (Å²) in [5.41, 5.74) is 0.874. The molecule has 9 heteroatoms. The van der Waals surface area contributed by atoms with E-state index in [0.29, 0.717) is 10.7 Å². The molecule has 0 spiro atoms. The maximum atomic E-state index is 12.7. The van der Waals surface area contributed by atoms with Crippen LogP contribution in [0.4, 0.5) is 0 Å². The number of carboxylic acids is 1. The number of benzene rings is 2. The summed E-state index contributed by atoms with van der Waals surface area (Å²) in [5.74, 6) is -1.29. The van der Waals surface area contributed by atoms with E-state index in [1.807, 2.05) is 54.6 Å². The standard InChI is InChI=1S/C21H17IN2O4S2/c22-13-7-4-8-14(10-13)30-15-11-29-20-17(19(26)24(20)18(15)21(27)28)23-16(25)9-12-5-2-1-3-6-12/h1-8,10,17,20H,9,11H2,(H,23,25)(H,27,28)/t17-,20-/m1/s1. The van der Waals surface area contributed by atoms with Crippen LogP contribution < -0.4 is 5.32 Å². The topological polar surface area (TPSA) is 86.7 Å². The van der Waals surface area contributed by atoms with Crippen molar-refractivity contribution >= 4 is 63.9 Å². The van der Waals surface area contributed by atoms with Crippen molar-refractivity contribution in [3.63, 3.8) is 0 Å². The molecule has 2 atom stereocenters. The van der Waals surface area contributed by atoms with Gasteiger partial charge in [0.2, 0.25) is 5.91 Å². The average molecular weight is 552 g/mol. The molecule has 0 radical (unpaired) electrons. The van der Waals surface area contributed by atoms with E-state index in [1.165, 1.54) is 28.4 Å². The minimum Gasteiger partial charge on any atom is -0.477 e. The zero-order valence-electron chi connectivity index (χ0n) is 15.6. The highest BCUT2D eigenvalue weighted by molar-refractivity contribution is 14.1. The second-order valence-electron chi connectivity index (χ2n) is 6.75. The zero-order valence-corrected chi connectivity index (χ0v) is 19.4. The molecule has 0 aliphatic carbocycles. The second kappa shape index (κ2) is 9.03. The van der Waals surface area contributed by atoms with Gasteiger partial charge in [-0.25, -0.2) is 4.79 Å². The van der Waals surface area contributed by atoms with Crippen molar-refractivity contribution in [3.05, 3.63) is 74.3 Å². The molecule has 1 saturated heterocycles. The molecule has 2 aromatic rings. The highest BCUT2D eigenvalue weighted by Gasteiger charge is 2.54. The van der Waals surface area contributed by atoms with Gasteiger partial charge in [-0.3, -0.25) is 14.5 Å². The smallest absolute Gasteiger partial charge is 0.353 e. The third-order valence-corrected chi connectivity index (χ3v) is 7.90. The van der Waals surface area contributed by atoms with Gasteiger partial charge in [-0.05, 0) is 46.4 Å². The number of aliphatic carboxylic acids is 1. The van der Waals surface area contributed by atoms with Crippen molar-refractivity contribution in [1.29, 1.82) is 0 Å². The third kappa shape index (κ3) is 4.37. The van der Waals surface area contributed by atoms with E-state index < -0.39 is 17.4 Å². The number of hydrogen-bond acceptors (Lipinski definition) is 5. The number of hydrogen-bond donors (Lipinski definition) is 2. The maximum absolute atomic E-state index is 12.7. The number of thioether (sulfide) groups is 2. The number of rotatable bonds is 6. The van der Waals surface area contributed by atoms with Crippen LogP contribution in [0, 0.1) is 3.57 Å². The Bertz CT molecular complexity index is 1040. The van der Waals surface area contributed by atoms with Gasteiger partial charge in [0.05, 0.1) is 6.42 Å². The predicted octanol–water partition coefficient (Wildman–Crippen LogP) is 3.32. The lowest BCUT2D eigenvalue weighted by Crippen LogP contribution is -2.70. The normalized spacial score (nSPS) is 20.4. The van der Waals surface area contributed by atoms with E-state index in [1.54, 1.807) is 0 Å². The first-order chi connectivity index (χ1) is 14.4. The molecule has 0 aromatic heterocycles. The van der Waals surface area contributed by atoms with Crippen molar-refractivity contribution in [1.82, 2.24) is 10.2 Å². The lowest BCUT2D eigenvalue weighted by atomic mass is 10.0. The lowest BCUT2D eigenvalue weighted by molar-refractivity contribution is -0.150. The van der Waals surface area contributed by atoms with E-state index in [0.717, 1.165) is 14.0 Å². The van der Waals surface area contributed by atoms with Crippen LogP contribution in [0.3, 0.4) is 0 Å². The Labute approximate surface area is 195 Å². The molecule has 2 aliphatic rings. The first-order valence-electron chi connectivity index (χ1n) is 9.12. The molecule has 2 heterocycles. The molecular formula is C21H17IN2O4S2. The largest absolute Gasteiger partial charge is 0.477 e. The Hall–Kier alpha value is -1.98. The number of carbonyl (C=O) groups excluding carboxylic acids is 2. The van der Waals surface area contributed by atoms with E-state index in [9.17, 15) is 19.5 Å². The molecule has 2 aromatic carbocycles. The summed E-state index contributed by atoms with van der Waals surface area (Å²) in [7, 11) is 0. The van der Waals surface area contributed by atoms with Crippen LogP contribution in [0.5, 0.6) is 0 Å². The first-order valence-corrected chi connectivity index (χ1v) is 12.1. The molecule has 154 valence electrons. The monoisotopic (exact) mass is 552 g/mol. The predicted molar refractivity (Wildman–Crippen MR) is 125 cm³/mol. The Balaban J connectivity index is 1.49. The van der Waals surface area contributed by atoms with Gasteiger partial charge >= 0.3 is 5.97 Å². The Morgan fingerprint density at radius 2 is 1.97 bits per heavy atom. The fraction of sp³-hybridized carbons (Fsp3) is 0.190. The fourth-order valence-corrected chi connectivity index (χ4v) is 6.64. The van der Waals surface area contributed by atoms with Crippen molar-refractivity contribution < 1.29 is 19.5 Å². The highest BCUT2D eigenvalue weighted by atomic mass is 127. The number of nitrogens with one attached hydrogen (secondary N) is 1. The summed E-state index contributed by atoms with van der Waals surface area (Å²) in [4.78, 5) is 39.9. The molecule has 0 saturated carbocycles. The van der Waals surface area contributed by atoms with Gasteiger partial charge in [-0.15, -0.1) is 11.8 Å². The van der Waals surface area contributed by atoms with Crippen LogP contribution in [0.25, 0.3) is 0 Å². The summed E-state index contributed by atoms with van der Waals surface area (Å²) in [6.45, 7) is 0. The number of nitrogens with zero attached hydrogens (tertiary/aromatic N) is 1. The summed E-state index contributed by atoms with van der Waals surface area (Å²) < 4.78 is 1.05. The SMILES string of the molecule is O=C(Cc1ccccc1)N[C@@H]1C(=O)N2C(C(=O)O)=C(Sc3cccc(I)c3)CS[C@H]12. The van der Waals surface area contributed by atoms with E-state index in [4.69, 9.17) is 0 Å². The molecule has 4 rings (SSSR count). The third-order valence-electron chi connectivity index (χ3n) is 4.70. The van der Waals surface area contributed by atoms with Gasteiger partial charge < -0.3 is 10.4 Å². The van der Waals surface area contributed by atoms with Crippen LogP contribution in [-0.2, 0) is 20.8 Å². The molecule has 30 heavy (non-hydrogen) atoms. The first kappa shape index (κ1) is 21.3. The van der Waals surface area contributed by atoms with Crippen molar-refractivity contribution in [2.24, 2.45) is 0 Å². The van der Waals surface area contributed by atoms with Gasteiger partial charge in [0, 0.05) is 19.1 Å². The molecule has 0 unspecified atom stereocenters. The highest BCUT2D eigenvalue weighted by Crippen LogP contribution is 2.45. The Kier molecular flexibility index (Phi) is 6.40. The molecule has 1 fully saturated rings. The number of fused-ring (bicyclic) bond motifs is 1. The number of halogens is 1. The van der Waals surface area contributed by atoms with Gasteiger partial charge in [0.25, 0.3) is 5.91 Å². The molecular weight excluding hydrogens is 535 g/mol. The maximum Gasteiger partial charge on any atom is 0.353 e. The van der Waals surface area contributed by atoms with Gasteiger partial charge in [0.1, 0.15) is 17.1 Å². The number of carbonyl (C=O) groups is 3. The molecule has 2 amide bonds. The van der Waals surface area contributed by atoms with Gasteiger partial charge in [0.15, 0.2) is 0 Å². The quantitative estimate of drug-likeness (QED) is 0.423. The average Bonchev–Trinajstić information content (AvgIpc) is 2.72. The Morgan fingerprint density at radius 1 is 1.20 bits per heavy atom. The van der Waals surface area contributed by atoms with Crippen LogP contribution in [0.2, 0.25) is 0 Å². The number of β-lactam (4-membered cyclic amide) rings is 1. The number of amides is 2. The van der Waals surface area contributed by atoms with Gasteiger partial charge in [-0.2, -0.15) is 0 Å². The zero-order chi connectivity index (χ0) is 21.3. The summed E-state index contributed by atoms with van der Waals surface area (Å²) in [6, 6.07) is 16.3. The van der Waals surface area contributed by atoms with Crippen LogP contribution >= 0.6 is 46.1 Å². The minimum atomic E-state index is -1.13. The molecule has 6 nitrogen and oxygen atoms in total. The van der Waals surface area contributed by atoms with E-state index in [2.05, 4.69) is 27.9 Å². The molecule has 2 aliphatic heterocycles. The fourth-order valence-electron chi connectivity index (χ4n) is 3.35. The minimum absolute atomic E-state index is 0.0150. The second-order valence-corrected chi connectivity index (χ2v) is 10.3. The summed E-state index contributed by atoms with van der Waals surface area (Å²) in [5, 5.41) is 12.2. The van der Waals surface area contributed by atoms with Crippen LogP contribution in [0.15, 0.2) is 70.1 Å². The van der Waals surface area contributed by atoms with E-state index in [-0.39, 0.29) is 23.9 Å². The van der Waals surface area contributed by atoms with Crippen LogP contribution in [0.1, 0.15) is 5.56 Å². The molecule has 0 bridgehead atoms. The van der Waals surface area contributed by atoms with Crippen molar-refractivity contribution in [2.75, 3.05) is 5.75 Å². The van der Waals surface area contributed by atoms with Gasteiger partial charge in [-0.1, -0.05) is 48.2 Å². The van der Waals surface area contributed by atoms with Crippen molar-refractivity contribution in [3.8, 4) is 0 Å². The summed E-state index contributed by atoms with van der Waals surface area (Å²) >= 11 is 5.04. The van der Waals surface area contributed by atoms with Crippen LogP contribution in [-0.4, -0.2) is 45.0 Å². The Morgan fingerprint density at radius 3 is 2.67 bits per heavy atom. The number of carboxylic acid groups (broad SMARTS) is 1. The van der Waals surface area contributed by atoms with Crippen molar-refractivity contribution in [2.45, 2.75) is 22.7 Å². The lowest BCUT2D eigenvalue weighted by Gasteiger charge is -2.49. The van der Waals surface area contributed by atoms with E-state index >= 15 is 0 Å².